The highest BCUT2D eigenvalue weighted by Crippen LogP contribution is 2.18. The Balaban J connectivity index is 1.91. The van der Waals surface area contributed by atoms with E-state index in [0.29, 0.717) is 5.82 Å². The summed E-state index contributed by atoms with van der Waals surface area (Å²) >= 11 is 1.44. The molecule has 2 aromatic heterocycles. The molecule has 0 fully saturated rings. The maximum absolute atomic E-state index is 11.9. The quantitative estimate of drug-likeness (QED) is 0.935. The first-order valence-electron chi connectivity index (χ1n) is 5.12. The Morgan fingerprint density at radius 1 is 1.47 bits per heavy atom. The lowest BCUT2D eigenvalue weighted by Gasteiger charge is -2.06. The first-order valence-corrected chi connectivity index (χ1v) is 6.07. The lowest BCUT2D eigenvalue weighted by atomic mass is 10.3. The highest BCUT2D eigenvalue weighted by molar-refractivity contribution is 7.08. The second-order valence-electron chi connectivity index (χ2n) is 3.59. The molecule has 1 N–H and O–H groups in total. The number of carbonyl (C=O) groups excluding carboxylic acids is 1. The van der Waals surface area contributed by atoms with E-state index in [9.17, 15) is 18.0 Å². The van der Waals surface area contributed by atoms with E-state index in [-0.39, 0.29) is 12.3 Å². The smallest absolute Gasteiger partial charge is 0.347 e. The number of hydrogen-bond donors (Lipinski definition) is 1. The number of alkyl halides is 3. The fourth-order valence-corrected chi connectivity index (χ4v) is 1.87. The molecule has 0 unspecified atom stereocenters. The second kappa shape index (κ2) is 5.39. The van der Waals surface area contributed by atoms with Crippen LogP contribution in [0.3, 0.4) is 0 Å². The summed E-state index contributed by atoms with van der Waals surface area (Å²) < 4.78 is 40.4. The van der Waals surface area contributed by atoms with Gasteiger partial charge in [0.15, 0.2) is 0 Å². The van der Waals surface area contributed by atoms with E-state index < -0.39 is 18.6 Å². The van der Waals surface area contributed by atoms with E-state index in [1.54, 1.807) is 16.8 Å². The van der Waals surface area contributed by atoms with Crippen LogP contribution in [0.2, 0.25) is 0 Å². The minimum Gasteiger partial charge on any atom is -0.347 e. The molecule has 0 saturated heterocycles. The summed E-state index contributed by atoms with van der Waals surface area (Å²) in [5, 5.41) is 8.98. The molecule has 0 spiro atoms. The van der Waals surface area contributed by atoms with Crippen molar-refractivity contribution in [3.63, 3.8) is 0 Å². The van der Waals surface area contributed by atoms with Gasteiger partial charge < -0.3 is 9.84 Å². The van der Waals surface area contributed by atoms with Crippen LogP contribution in [0.15, 0.2) is 21.3 Å². The number of halogens is 3. The number of carbonyl (C=O) groups is 1. The number of nitrogens with zero attached hydrogens (tertiary/aromatic N) is 2. The third-order valence-electron chi connectivity index (χ3n) is 2.05. The molecule has 1 amide bonds. The number of amides is 1. The van der Waals surface area contributed by atoms with Gasteiger partial charge in [-0.2, -0.15) is 29.5 Å². The van der Waals surface area contributed by atoms with Crippen molar-refractivity contribution in [2.24, 2.45) is 0 Å². The molecule has 5 nitrogen and oxygen atoms in total. The zero-order valence-corrected chi connectivity index (χ0v) is 10.2. The molecule has 0 aliphatic heterocycles. The molecule has 0 saturated carbocycles. The van der Waals surface area contributed by atoms with Crippen molar-refractivity contribution in [2.45, 2.75) is 12.6 Å². The maximum Gasteiger partial charge on any atom is 0.405 e. The Bertz CT molecular complexity index is 551. The third kappa shape index (κ3) is 4.05. The summed E-state index contributed by atoms with van der Waals surface area (Å²) in [7, 11) is 0. The molecule has 0 atom stereocenters. The summed E-state index contributed by atoms with van der Waals surface area (Å²) in [6, 6.07) is 1.77. The van der Waals surface area contributed by atoms with Crippen molar-refractivity contribution in [1.82, 2.24) is 15.5 Å². The number of hydrogen-bond acceptors (Lipinski definition) is 5. The van der Waals surface area contributed by atoms with Gasteiger partial charge in [0.05, 0.1) is 0 Å². The Hall–Kier alpha value is -1.90. The minimum absolute atomic E-state index is 0.0270. The lowest BCUT2D eigenvalue weighted by Crippen LogP contribution is -2.34. The monoisotopic (exact) mass is 291 g/mol. The molecule has 0 aromatic carbocycles. The van der Waals surface area contributed by atoms with Gasteiger partial charge in [-0.15, -0.1) is 0 Å². The second-order valence-corrected chi connectivity index (χ2v) is 4.37. The molecule has 0 radical (unpaired) electrons. The summed E-state index contributed by atoms with van der Waals surface area (Å²) in [6.07, 6.45) is -4.82. The highest BCUT2D eigenvalue weighted by Gasteiger charge is 2.28. The van der Waals surface area contributed by atoms with Crippen LogP contribution >= 0.6 is 11.3 Å². The number of nitrogens with one attached hydrogen (secondary N) is 1. The molecule has 2 aromatic rings. The van der Waals surface area contributed by atoms with Crippen LogP contribution in [0.1, 0.15) is 5.89 Å². The van der Waals surface area contributed by atoms with Crippen molar-refractivity contribution >= 4 is 17.2 Å². The van der Waals surface area contributed by atoms with Crippen molar-refractivity contribution < 1.29 is 22.5 Å². The zero-order valence-electron chi connectivity index (χ0n) is 9.40. The average Bonchev–Trinajstić information content (AvgIpc) is 2.94. The van der Waals surface area contributed by atoms with E-state index >= 15 is 0 Å². The topological polar surface area (TPSA) is 68.0 Å². The molecule has 9 heteroatoms. The van der Waals surface area contributed by atoms with Gasteiger partial charge in [-0.25, -0.2) is 0 Å². The van der Waals surface area contributed by atoms with Gasteiger partial charge in [-0.05, 0) is 11.4 Å². The Labute approximate surface area is 109 Å². The number of rotatable bonds is 4. The molecular weight excluding hydrogens is 283 g/mol. The van der Waals surface area contributed by atoms with Crippen LogP contribution in [0.25, 0.3) is 11.4 Å². The van der Waals surface area contributed by atoms with Gasteiger partial charge in [-0.1, -0.05) is 5.16 Å². The van der Waals surface area contributed by atoms with Crippen molar-refractivity contribution in [2.75, 3.05) is 6.54 Å². The first kappa shape index (κ1) is 13.5. The van der Waals surface area contributed by atoms with E-state index in [4.69, 9.17) is 4.52 Å². The SMILES string of the molecule is O=C(Cc1nc(-c2ccsc2)no1)NCC(F)(F)F. The Morgan fingerprint density at radius 2 is 2.26 bits per heavy atom. The molecule has 102 valence electrons. The van der Waals surface area contributed by atoms with E-state index in [2.05, 4.69) is 10.1 Å². The molecule has 0 aliphatic rings. The van der Waals surface area contributed by atoms with Crippen molar-refractivity contribution in [3.05, 3.63) is 22.7 Å². The Morgan fingerprint density at radius 3 is 2.89 bits per heavy atom. The normalized spacial score (nSPS) is 11.5. The highest BCUT2D eigenvalue weighted by atomic mass is 32.1. The van der Waals surface area contributed by atoms with E-state index in [1.165, 1.54) is 11.3 Å². The number of aromatic nitrogens is 2. The predicted octanol–water partition coefficient (Wildman–Crippen LogP) is 2.02. The van der Waals surface area contributed by atoms with Crippen LogP contribution in [0, 0.1) is 0 Å². The fourth-order valence-electron chi connectivity index (χ4n) is 1.23. The summed E-state index contributed by atoms with van der Waals surface area (Å²) in [5.74, 6) is -0.543. The molecule has 0 aliphatic carbocycles. The summed E-state index contributed by atoms with van der Waals surface area (Å²) in [4.78, 5) is 15.1. The number of thiophene rings is 1. The van der Waals surface area contributed by atoms with Gasteiger partial charge in [0.1, 0.15) is 13.0 Å². The van der Waals surface area contributed by atoms with Gasteiger partial charge in [-0.3, -0.25) is 4.79 Å². The fraction of sp³-hybridized carbons (Fsp3) is 0.300. The maximum atomic E-state index is 11.9. The van der Waals surface area contributed by atoms with Gasteiger partial charge in [0.2, 0.25) is 17.6 Å². The lowest BCUT2D eigenvalue weighted by molar-refractivity contribution is -0.138. The molecule has 0 bridgehead atoms. The van der Waals surface area contributed by atoms with E-state index in [0.717, 1.165) is 5.56 Å². The summed E-state index contributed by atoms with van der Waals surface area (Å²) in [6.45, 7) is -1.38. The molecule has 2 heterocycles. The average molecular weight is 291 g/mol. The first-order chi connectivity index (χ1) is 8.94. The third-order valence-corrected chi connectivity index (χ3v) is 2.73. The zero-order chi connectivity index (χ0) is 13.9. The van der Waals surface area contributed by atoms with Crippen molar-refractivity contribution in [1.29, 1.82) is 0 Å². The van der Waals surface area contributed by atoms with Crippen LogP contribution in [-0.2, 0) is 11.2 Å². The van der Waals surface area contributed by atoms with Crippen LogP contribution in [0.5, 0.6) is 0 Å². The van der Waals surface area contributed by atoms with Crippen LogP contribution in [-0.4, -0.2) is 28.8 Å². The van der Waals surface area contributed by atoms with Crippen LogP contribution < -0.4 is 5.32 Å². The molecular formula is C10H8F3N3O2S. The molecule has 2 rings (SSSR count). The van der Waals surface area contributed by atoms with Gasteiger partial charge in [0.25, 0.3) is 0 Å². The summed E-state index contributed by atoms with van der Waals surface area (Å²) in [5.41, 5.74) is 0.732. The van der Waals surface area contributed by atoms with Crippen LogP contribution in [0.4, 0.5) is 13.2 Å². The standard InChI is InChI=1S/C10H8F3N3O2S/c11-10(12,13)5-14-7(17)3-8-15-9(16-18-8)6-1-2-19-4-6/h1-2,4H,3,5H2,(H,14,17). The minimum atomic E-state index is -4.44. The molecule has 19 heavy (non-hydrogen) atoms. The largest absolute Gasteiger partial charge is 0.405 e. The van der Waals surface area contributed by atoms with Crippen molar-refractivity contribution in [3.8, 4) is 11.4 Å². The Kier molecular flexibility index (Phi) is 3.84. The van der Waals surface area contributed by atoms with E-state index in [1.807, 2.05) is 5.38 Å². The van der Waals surface area contributed by atoms with Gasteiger partial charge >= 0.3 is 6.18 Å². The van der Waals surface area contributed by atoms with Gasteiger partial charge in [0, 0.05) is 10.9 Å². The predicted molar refractivity (Wildman–Crippen MR) is 60.4 cm³/mol.